The molecule has 0 saturated carbocycles. The molecular weight excluding hydrogens is 410 g/mol. The Balaban J connectivity index is 1.55. The van der Waals surface area contributed by atoms with Crippen molar-refractivity contribution in [1.29, 1.82) is 0 Å². The molecule has 1 N–H and O–H groups in total. The molecule has 1 heterocycles. The summed E-state index contributed by atoms with van der Waals surface area (Å²) in [5.41, 5.74) is 0.945. The number of rotatable bonds is 8. The van der Waals surface area contributed by atoms with Crippen molar-refractivity contribution in [2.45, 2.75) is 37.1 Å². The summed E-state index contributed by atoms with van der Waals surface area (Å²) in [6, 6.07) is 17.7. The van der Waals surface area contributed by atoms with Gasteiger partial charge in [-0.1, -0.05) is 35.9 Å². The quantitative estimate of drug-likeness (QED) is 0.547. The minimum absolute atomic E-state index is 0.112. The van der Waals surface area contributed by atoms with Gasteiger partial charge in [0, 0.05) is 6.54 Å². The van der Waals surface area contributed by atoms with Crippen molar-refractivity contribution in [3.8, 4) is 5.75 Å². The number of halogens is 1. The highest BCUT2D eigenvalue weighted by Crippen LogP contribution is 2.22. The Kier molecular flexibility index (Phi) is 7.12. The van der Waals surface area contributed by atoms with Crippen molar-refractivity contribution in [3.63, 3.8) is 0 Å². The van der Waals surface area contributed by atoms with Gasteiger partial charge in [-0.25, -0.2) is 0 Å². The molecule has 0 fully saturated rings. The van der Waals surface area contributed by atoms with Gasteiger partial charge in [0.25, 0.3) is 5.91 Å². The van der Waals surface area contributed by atoms with Gasteiger partial charge in [0.05, 0.1) is 32.6 Å². The van der Waals surface area contributed by atoms with Gasteiger partial charge in [-0.3, -0.25) is 9.00 Å². The molecule has 0 aliphatic heterocycles. The normalized spacial score (nSPS) is 12.0. The molecule has 1 unspecified atom stereocenters. The topological polar surface area (TPSA) is 68.5 Å². The standard InChI is InChI=1S/C22H22ClNO4S/c1-15(2)27-17-9-7-16(8-10-17)13-24-22(25)20-12-11-18(28-20)14-29(26)21-6-4-3-5-19(21)23/h3-12,15H,13-14H2,1-2H3,(H,24,25). The number of amides is 1. The van der Waals surface area contributed by atoms with E-state index in [0.29, 0.717) is 22.2 Å². The Morgan fingerprint density at radius 1 is 1.10 bits per heavy atom. The predicted octanol–water partition coefficient (Wildman–Crippen LogP) is 4.96. The van der Waals surface area contributed by atoms with Gasteiger partial charge >= 0.3 is 0 Å². The van der Waals surface area contributed by atoms with Crippen LogP contribution >= 0.6 is 11.6 Å². The minimum Gasteiger partial charge on any atom is -0.491 e. The first-order valence-corrected chi connectivity index (χ1v) is 10.9. The van der Waals surface area contributed by atoms with E-state index in [1.807, 2.05) is 38.1 Å². The Hall–Kier alpha value is -2.57. The molecule has 152 valence electrons. The molecule has 5 nitrogen and oxygen atoms in total. The van der Waals surface area contributed by atoms with Gasteiger partial charge in [-0.15, -0.1) is 0 Å². The molecule has 3 aromatic rings. The number of carbonyl (C=O) groups excluding carboxylic acids is 1. The zero-order chi connectivity index (χ0) is 20.8. The minimum atomic E-state index is -1.36. The van der Waals surface area contributed by atoms with Gasteiger partial charge in [-0.05, 0) is 55.8 Å². The van der Waals surface area contributed by atoms with Crippen molar-refractivity contribution in [1.82, 2.24) is 5.32 Å². The number of ether oxygens (including phenoxy) is 1. The second-order valence-corrected chi connectivity index (χ2v) is 8.51. The Morgan fingerprint density at radius 3 is 2.52 bits per heavy atom. The summed E-state index contributed by atoms with van der Waals surface area (Å²) in [6.45, 7) is 4.30. The molecule has 7 heteroatoms. The number of hydrogen-bond acceptors (Lipinski definition) is 4. The van der Waals surface area contributed by atoms with E-state index in [-0.39, 0.29) is 23.5 Å². The van der Waals surface area contributed by atoms with E-state index in [4.69, 9.17) is 20.8 Å². The van der Waals surface area contributed by atoms with Gasteiger partial charge in [0.1, 0.15) is 11.5 Å². The number of benzene rings is 2. The Morgan fingerprint density at radius 2 is 1.83 bits per heavy atom. The van der Waals surface area contributed by atoms with Crippen molar-refractivity contribution in [2.24, 2.45) is 0 Å². The maximum atomic E-state index is 12.5. The van der Waals surface area contributed by atoms with E-state index in [2.05, 4.69) is 5.32 Å². The lowest BCUT2D eigenvalue weighted by molar-refractivity contribution is 0.0921. The molecular formula is C22H22ClNO4S. The highest BCUT2D eigenvalue weighted by Gasteiger charge is 2.15. The predicted molar refractivity (Wildman–Crippen MR) is 114 cm³/mol. The molecule has 2 aromatic carbocycles. The highest BCUT2D eigenvalue weighted by molar-refractivity contribution is 7.84. The lowest BCUT2D eigenvalue weighted by Gasteiger charge is -2.10. The average molecular weight is 432 g/mol. The molecule has 3 rings (SSSR count). The number of carbonyl (C=O) groups is 1. The molecule has 0 spiro atoms. The van der Waals surface area contributed by atoms with Gasteiger partial charge in [-0.2, -0.15) is 0 Å². The molecule has 0 saturated heterocycles. The van der Waals surface area contributed by atoms with Crippen LogP contribution in [0.3, 0.4) is 0 Å². The fraction of sp³-hybridized carbons (Fsp3) is 0.227. The fourth-order valence-corrected chi connectivity index (χ4v) is 4.12. The summed E-state index contributed by atoms with van der Waals surface area (Å²) in [4.78, 5) is 12.9. The van der Waals surface area contributed by atoms with Crippen LogP contribution in [0.1, 0.15) is 35.7 Å². The molecule has 0 bridgehead atoms. The molecule has 1 atom stereocenters. The smallest absolute Gasteiger partial charge is 0.287 e. The third kappa shape index (κ3) is 5.95. The number of hydrogen-bond donors (Lipinski definition) is 1. The first kappa shape index (κ1) is 21.1. The number of furan rings is 1. The van der Waals surface area contributed by atoms with E-state index in [9.17, 15) is 9.00 Å². The van der Waals surface area contributed by atoms with Crippen molar-refractivity contribution >= 4 is 28.3 Å². The van der Waals surface area contributed by atoms with Crippen LogP contribution in [0.25, 0.3) is 0 Å². The molecule has 1 amide bonds. The van der Waals surface area contributed by atoms with Crippen LogP contribution < -0.4 is 10.1 Å². The number of nitrogens with one attached hydrogen (secondary N) is 1. The summed E-state index contributed by atoms with van der Waals surface area (Å²) >= 11 is 6.08. The lowest BCUT2D eigenvalue weighted by atomic mass is 10.2. The molecule has 0 aliphatic carbocycles. The van der Waals surface area contributed by atoms with Crippen molar-refractivity contribution in [2.75, 3.05) is 0 Å². The first-order valence-electron chi connectivity index (χ1n) is 9.18. The maximum absolute atomic E-state index is 12.5. The van der Waals surface area contributed by atoms with Crippen molar-refractivity contribution in [3.05, 3.63) is 82.8 Å². The lowest BCUT2D eigenvalue weighted by Crippen LogP contribution is -2.22. The second-order valence-electron chi connectivity index (χ2n) is 6.68. The molecule has 0 radical (unpaired) electrons. The van der Waals surface area contributed by atoms with Gasteiger partial charge in [0.15, 0.2) is 5.76 Å². The molecule has 0 aliphatic rings. The van der Waals surface area contributed by atoms with Crippen LogP contribution in [-0.4, -0.2) is 16.2 Å². The van der Waals surface area contributed by atoms with Crippen LogP contribution in [-0.2, 0) is 23.1 Å². The zero-order valence-corrected chi connectivity index (χ0v) is 17.8. The third-order valence-corrected chi connectivity index (χ3v) is 5.82. The second kappa shape index (κ2) is 9.76. The average Bonchev–Trinajstić information content (AvgIpc) is 3.15. The van der Waals surface area contributed by atoms with Gasteiger partial charge < -0.3 is 14.5 Å². The van der Waals surface area contributed by atoms with Crippen LogP contribution in [0, 0.1) is 0 Å². The van der Waals surface area contributed by atoms with Crippen LogP contribution in [0.2, 0.25) is 5.02 Å². The van der Waals surface area contributed by atoms with E-state index >= 15 is 0 Å². The highest BCUT2D eigenvalue weighted by atomic mass is 35.5. The van der Waals surface area contributed by atoms with Crippen LogP contribution in [0.5, 0.6) is 5.75 Å². The van der Waals surface area contributed by atoms with Crippen LogP contribution in [0.4, 0.5) is 0 Å². The van der Waals surface area contributed by atoms with Crippen molar-refractivity contribution < 1.29 is 18.2 Å². The SMILES string of the molecule is CC(C)Oc1ccc(CNC(=O)c2ccc(CS(=O)c3ccccc3Cl)o2)cc1. The Bertz CT molecular complexity index is 998. The van der Waals surface area contributed by atoms with E-state index < -0.39 is 10.8 Å². The fourth-order valence-electron chi connectivity index (χ4n) is 2.64. The van der Waals surface area contributed by atoms with Crippen LogP contribution in [0.15, 0.2) is 70.0 Å². The van der Waals surface area contributed by atoms with Gasteiger partial charge in [0.2, 0.25) is 0 Å². The summed E-state index contributed by atoms with van der Waals surface area (Å²) < 4.78 is 23.6. The summed E-state index contributed by atoms with van der Waals surface area (Å²) in [5.74, 6) is 1.24. The summed E-state index contributed by atoms with van der Waals surface area (Å²) in [7, 11) is -1.36. The third-order valence-electron chi connectivity index (χ3n) is 3.99. The van der Waals surface area contributed by atoms with E-state index in [1.165, 1.54) is 0 Å². The monoisotopic (exact) mass is 431 g/mol. The maximum Gasteiger partial charge on any atom is 0.287 e. The largest absolute Gasteiger partial charge is 0.491 e. The van der Waals surface area contributed by atoms with E-state index in [1.54, 1.807) is 36.4 Å². The summed E-state index contributed by atoms with van der Waals surface area (Å²) in [5, 5.41) is 3.26. The molecule has 29 heavy (non-hydrogen) atoms. The molecule has 1 aromatic heterocycles. The zero-order valence-electron chi connectivity index (χ0n) is 16.2. The first-order chi connectivity index (χ1) is 13.9. The summed E-state index contributed by atoms with van der Waals surface area (Å²) in [6.07, 6.45) is 0.112. The van der Waals surface area contributed by atoms with E-state index in [0.717, 1.165) is 11.3 Å². The Labute approximate surface area is 177 Å².